The minimum atomic E-state index is -4.06. The van der Waals surface area contributed by atoms with Gasteiger partial charge in [-0.25, -0.2) is 0 Å². The minimum absolute atomic E-state index is 0.0796. The molecule has 5 heteroatoms. The standard InChI is InChI=1S/C11H19F3N2/c12-11(13,14)8-16-6-2-1-3-10(16)7-15-9-4-5-9/h9-10,15H,1-8H2. The lowest BCUT2D eigenvalue weighted by Crippen LogP contribution is -2.49. The van der Waals surface area contributed by atoms with E-state index in [1.807, 2.05) is 0 Å². The van der Waals surface area contributed by atoms with Gasteiger partial charge in [-0.15, -0.1) is 0 Å². The van der Waals surface area contributed by atoms with Gasteiger partial charge in [-0.05, 0) is 32.2 Å². The summed E-state index contributed by atoms with van der Waals surface area (Å²) in [6.45, 7) is 0.571. The van der Waals surface area contributed by atoms with Gasteiger partial charge in [0.1, 0.15) is 0 Å². The molecule has 0 bridgehead atoms. The van der Waals surface area contributed by atoms with Crippen LogP contribution in [-0.2, 0) is 0 Å². The van der Waals surface area contributed by atoms with Gasteiger partial charge in [-0.2, -0.15) is 13.2 Å². The average Bonchev–Trinajstić information content (AvgIpc) is 2.98. The average molecular weight is 236 g/mol. The molecule has 0 amide bonds. The Kier molecular flexibility index (Phi) is 3.74. The highest BCUT2D eigenvalue weighted by molar-refractivity contribution is 4.86. The van der Waals surface area contributed by atoms with Crippen molar-refractivity contribution < 1.29 is 13.2 Å². The zero-order chi connectivity index (χ0) is 11.6. The predicted octanol–water partition coefficient (Wildman–Crippen LogP) is 2.16. The van der Waals surface area contributed by atoms with E-state index >= 15 is 0 Å². The Bertz CT molecular complexity index is 226. The molecule has 2 nitrogen and oxygen atoms in total. The van der Waals surface area contributed by atoms with Crippen LogP contribution in [0.5, 0.6) is 0 Å². The van der Waals surface area contributed by atoms with E-state index < -0.39 is 12.7 Å². The lowest BCUT2D eigenvalue weighted by molar-refractivity contribution is -0.153. The zero-order valence-corrected chi connectivity index (χ0v) is 9.39. The summed E-state index contributed by atoms with van der Waals surface area (Å²) in [4.78, 5) is 1.60. The number of halogens is 3. The number of hydrogen-bond acceptors (Lipinski definition) is 2. The molecule has 0 aromatic rings. The smallest absolute Gasteiger partial charge is 0.312 e. The molecule has 2 fully saturated rings. The molecule has 1 aliphatic carbocycles. The Morgan fingerprint density at radius 1 is 1.12 bits per heavy atom. The zero-order valence-electron chi connectivity index (χ0n) is 9.39. The number of piperidine rings is 1. The summed E-state index contributed by atoms with van der Waals surface area (Å²) in [7, 11) is 0. The van der Waals surface area contributed by atoms with E-state index in [0.717, 1.165) is 25.8 Å². The van der Waals surface area contributed by atoms with Gasteiger partial charge in [0.2, 0.25) is 0 Å². The first kappa shape index (κ1) is 12.2. The first-order valence-electron chi connectivity index (χ1n) is 6.09. The third-order valence-corrected chi connectivity index (χ3v) is 3.35. The molecule has 1 saturated carbocycles. The second kappa shape index (κ2) is 4.92. The summed E-state index contributed by atoms with van der Waals surface area (Å²) in [5.41, 5.74) is 0. The summed E-state index contributed by atoms with van der Waals surface area (Å²) < 4.78 is 37.1. The third kappa shape index (κ3) is 3.94. The van der Waals surface area contributed by atoms with Gasteiger partial charge in [-0.1, -0.05) is 6.42 Å². The fourth-order valence-electron chi connectivity index (χ4n) is 2.32. The first-order valence-corrected chi connectivity index (χ1v) is 6.09. The number of nitrogens with zero attached hydrogens (tertiary/aromatic N) is 1. The van der Waals surface area contributed by atoms with Gasteiger partial charge in [0.05, 0.1) is 6.54 Å². The van der Waals surface area contributed by atoms with Crippen LogP contribution in [0.2, 0.25) is 0 Å². The molecule has 16 heavy (non-hydrogen) atoms. The van der Waals surface area contributed by atoms with E-state index in [0.29, 0.717) is 12.6 Å². The highest BCUT2D eigenvalue weighted by Crippen LogP contribution is 2.24. The van der Waals surface area contributed by atoms with E-state index in [1.54, 1.807) is 4.90 Å². The lowest BCUT2D eigenvalue weighted by atomic mass is 10.0. The van der Waals surface area contributed by atoms with Crippen LogP contribution in [-0.4, -0.2) is 42.8 Å². The first-order chi connectivity index (χ1) is 7.54. The number of hydrogen-bond donors (Lipinski definition) is 1. The van der Waals surface area contributed by atoms with E-state index in [-0.39, 0.29) is 6.04 Å². The Balaban J connectivity index is 1.80. The fourth-order valence-corrected chi connectivity index (χ4v) is 2.32. The molecule has 1 atom stereocenters. The van der Waals surface area contributed by atoms with Crippen LogP contribution in [0.15, 0.2) is 0 Å². The topological polar surface area (TPSA) is 15.3 Å². The number of alkyl halides is 3. The maximum atomic E-state index is 12.4. The molecule has 0 spiro atoms. The van der Waals surface area contributed by atoms with Crippen LogP contribution in [0.3, 0.4) is 0 Å². The molecule has 0 aromatic carbocycles. The van der Waals surface area contributed by atoms with Crippen molar-refractivity contribution in [2.24, 2.45) is 0 Å². The molecular formula is C11H19F3N2. The Labute approximate surface area is 94.2 Å². The molecule has 0 aromatic heterocycles. The third-order valence-electron chi connectivity index (χ3n) is 3.35. The summed E-state index contributed by atoms with van der Waals surface area (Å²) in [6, 6.07) is 0.658. The second-order valence-corrected chi connectivity index (χ2v) is 4.92. The highest BCUT2D eigenvalue weighted by Gasteiger charge is 2.35. The van der Waals surface area contributed by atoms with Crippen molar-refractivity contribution in [3.05, 3.63) is 0 Å². The Morgan fingerprint density at radius 2 is 1.88 bits per heavy atom. The van der Waals surface area contributed by atoms with Crippen molar-refractivity contribution in [2.75, 3.05) is 19.6 Å². The van der Waals surface area contributed by atoms with Crippen LogP contribution in [0, 0.1) is 0 Å². The predicted molar refractivity (Wildman–Crippen MR) is 56.3 cm³/mol. The van der Waals surface area contributed by atoms with Crippen molar-refractivity contribution in [1.82, 2.24) is 10.2 Å². The molecule has 2 rings (SSSR count). The van der Waals surface area contributed by atoms with Gasteiger partial charge in [0, 0.05) is 18.6 Å². The van der Waals surface area contributed by atoms with E-state index in [1.165, 1.54) is 12.8 Å². The maximum absolute atomic E-state index is 12.4. The Hall–Kier alpha value is -0.290. The molecule has 1 unspecified atom stereocenters. The monoisotopic (exact) mass is 236 g/mol. The van der Waals surface area contributed by atoms with Crippen molar-refractivity contribution in [3.63, 3.8) is 0 Å². The molecule has 1 heterocycles. The summed E-state index contributed by atoms with van der Waals surface area (Å²) in [5, 5.41) is 3.33. The van der Waals surface area contributed by atoms with E-state index in [2.05, 4.69) is 5.32 Å². The van der Waals surface area contributed by atoms with Gasteiger partial charge in [0.15, 0.2) is 0 Å². The van der Waals surface area contributed by atoms with Crippen molar-refractivity contribution in [2.45, 2.75) is 50.4 Å². The number of rotatable bonds is 4. The van der Waals surface area contributed by atoms with Gasteiger partial charge in [-0.3, -0.25) is 4.90 Å². The minimum Gasteiger partial charge on any atom is -0.312 e. The van der Waals surface area contributed by atoms with Crippen molar-refractivity contribution in [3.8, 4) is 0 Å². The highest BCUT2D eigenvalue weighted by atomic mass is 19.4. The van der Waals surface area contributed by atoms with Crippen LogP contribution in [0.25, 0.3) is 0 Å². The van der Waals surface area contributed by atoms with Gasteiger partial charge in [0.25, 0.3) is 0 Å². The SMILES string of the molecule is FC(F)(F)CN1CCCCC1CNC1CC1. The summed E-state index contributed by atoms with van der Waals surface area (Å²) >= 11 is 0. The largest absolute Gasteiger partial charge is 0.401 e. The maximum Gasteiger partial charge on any atom is 0.401 e. The van der Waals surface area contributed by atoms with Crippen molar-refractivity contribution >= 4 is 0 Å². The van der Waals surface area contributed by atoms with Crippen molar-refractivity contribution in [1.29, 1.82) is 0 Å². The molecule has 1 aliphatic heterocycles. The van der Waals surface area contributed by atoms with Gasteiger partial charge >= 0.3 is 6.18 Å². The molecule has 2 aliphatic rings. The van der Waals surface area contributed by atoms with E-state index in [4.69, 9.17) is 0 Å². The van der Waals surface area contributed by atoms with Crippen LogP contribution < -0.4 is 5.32 Å². The summed E-state index contributed by atoms with van der Waals surface area (Å²) in [6.07, 6.45) is 1.17. The molecule has 1 N–H and O–H groups in total. The normalized spacial score (nSPS) is 28.3. The number of nitrogens with one attached hydrogen (secondary N) is 1. The lowest BCUT2D eigenvalue weighted by Gasteiger charge is -2.36. The summed E-state index contributed by atoms with van der Waals surface area (Å²) in [5.74, 6) is 0. The molecule has 0 radical (unpaired) electrons. The molecule has 94 valence electrons. The molecule has 1 saturated heterocycles. The number of likely N-dealkylation sites (tertiary alicyclic amines) is 1. The van der Waals surface area contributed by atoms with Crippen LogP contribution >= 0.6 is 0 Å². The van der Waals surface area contributed by atoms with E-state index in [9.17, 15) is 13.2 Å². The second-order valence-electron chi connectivity index (χ2n) is 4.92. The Morgan fingerprint density at radius 3 is 2.50 bits per heavy atom. The van der Waals surface area contributed by atoms with Crippen LogP contribution in [0.1, 0.15) is 32.1 Å². The van der Waals surface area contributed by atoms with Gasteiger partial charge < -0.3 is 5.32 Å². The van der Waals surface area contributed by atoms with Crippen LogP contribution in [0.4, 0.5) is 13.2 Å². The fraction of sp³-hybridized carbons (Fsp3) is 1.00. The molecular weight excluding hydrogens is 217 g/mol. The quantitative estimate of drug-likeness (QED) is 0.804.